The van der Waals surface area contributed by atoms with Gasteiger partial charge in [0.2, 0.25) is 0 Å². The minimum absolute atomic E-state index is 0. The predicted molar refractivity (Wildman–Crippen MR) is 168 cm³/mol. The van der Waals surface area contributed by atoms with E-state index in [0.717, 1.165) is 11.1 Å². The summed E-state index contributed by atoms with van der Waals surface area (Å²) < 4.78 is 32.6. The molecule has 0 unspecified atom stereocenters. The second kappa shape index (κ2) is 31.8. The second-order valence-electron chi connectivity index (χ2n) is 11.6. The van der Waals surface area contributed by atoms with Gasteiger partial charge in [0.15, 0.2) is 11.5 Å². The third-order valence-electron chi connectivity index (χ3n) is 8.13. The molecular weight excluding hydrogens is 716 g/mol. The van der Waals surface area contributed by atoms with Gasteiger partial charge >= 0.3 is 45.2 Å². The maximum atomic E-state index is 9.87. The zero-order valence-corrected chi connectivity index (χ0v) is 32.6. The van der Waals surface area contributed by atoms with E-state index in [2.05, 4.69) is 103 Å². The molecule has 43 heavy (non-hydrogen) atoms. The van der Waals surface area contributed by atoms with Gasteiger partial charge in [0.05, 0.1) is 52.4 Å². The van der Waals surface area contributed by atoms with Crippen molar-refractivity contribution in [2.24, 2.45) is 0 Å². The molecule has 0 bridgehead atoms. The van der Waals surface area contributed by atoms with Crippen molar-refractivity contribution in [2.45, 2.75) is 108 Å². The van der Waals surface area contributed by atoms with Crippen LogP contribution in [0.5, 0.6) is 11.5 Å². The molecule has 0 saturated heterocycles. The summed E-state index contributed by atoms with van der Waals surface area (Å²) in [6, 6.07) is 3.62. The maximum absolute atomic E-state index is 9.87. The minimum Gasteiger partial charge on any atom is 0 e. The summed E-state index contributed by atoms with van der Waals surface area (Å²) in [6.45, 7) is 58.8. The molecular formula is C34H62N2O6W+2. The van der Waals surface area contributed by atoms with Crippen LogP contribution in [-0.4, -0.2) is 71.5 Å². The van der Waals surface area contributed by atoms with E-state index in [1.165, 1.54) is 61.3 Å². The van der Waals surface area contributed by atoms with E-state index in [1.807, 2.05) is 26.8 Å². The van der Waals surface area contributed by atoms with Gasteiger partial charge < -0.3 is 19.2 Å². The third-order valence-corrected chi connectivity index (χ3v) is 8.13. The SMILES string of the molecule is CC(C)(C)c1cc(O)c(O)c(C(C)(C)C)c1.CC[N+](CC)(CC)CC.CC[N+](CC)(CC)CC.[C-]#[O+].[C-]#[O+].[C-]#[O+].[C-]#[O+].[W]. The molecule has 0 aliphatic rings. The van der Waals surface area contributed by atoms with Gasteiger partial charge in [-0.2, -0.15) is 0 Å². The fourth-order valence-electron chi connectivity index (χ4n) is 4.31. The van der Waals surface area contributed by atoms with Gasteiger partial charge in [-0.15, -0.1) is 0 Å². The summed E-state index contributed by atoms with van der Waals surface area (Å²) in [7, 11) is 0. The Hall–Kier alpha value is -1.61. The summed E-state index contributed by atoms with van der Waals surface area (Å²) in [5.74, 6) is -0.0298. The Morgan fingerprint density at radius 3 is 0.884 bits per heavy atom. The molecule has 248 valence electrons. The van der Waals surface area contributed by atoms with Crippen molar-refractivity contribution in [1.29, 1.82) is 0 Å². The van der Waals surface area contributed by atoms with Crippen LogP contribution in [0.3, 0.4) is 0 Å². The Bertz CT molecular complexity index is 779. The van der Waals surface area contributed by atoms with Crippen LogP contribution in [0.1, 0.15) is 108 Å². The van der Waals surface area contributed by atoms with Gasteiger partial charge in [0.1, 0.15) is 0 Å². The first-order valence-electron chi connectivity index (χ1n) is 14.6. The fraction of sp³-hybridized carbons (Fsp3) is 0.706. The smallest absolute Gasteiger partial charge is 0 e. The van der Waals surface area contributed by atoms with E-state index in [9.17, 15) is 10.2 Å². The molecule has 0 radical (unpaired) electrons. The molecule has 0 amide bonds. The van der Waals surface area contributed by atoms with Crippen LogP contribution in [-0.2, 0) is 50.5 Å². The number of benzene rings is 1. The summed E-state index contributed by atoms with van der Waals surface area (Å²) >= 11 is 0. The van der Waals surface area contributed by atoms with Crippen molar-refractivity contribution in [3.63, 3.8) is 0 Å². The fourth-order valence-corrected chi connectivity index (χ4v) is 4.31. The molecule has 1 aromatic carbocycles. The number of phenolic OH excluding ortho intramolecular Hbond substituents is 2. The van der Waals surface area contributed by atoms with Crippen LogP contribution in [0.2, 0.25) is 0 Å². The van der Waals surface area contributed by atoms with Gasteiger partial charge in [-0.3, -0.25) is 0 Å². The number of phenols is 2. The Morgan fingerprint density at radius 2 is 0.744 bits per heavy atom. The topological polar surface area (TPSA) is 120 Å². The largest absolute Gasteiger partial charge is 0 e. The van der Waals surface area contributed by atoms with Crippen LogP contribution < -0.4 is 0 Å². The van der Waals surface area contributed by atoms with E-state index in [0.29, 0.717) is 0 Å². The molecule has 1 aromatic rings. The minimum atomic E-state index is -0.178. The molecule has 0 aliphatic carbocycles. The first kappa shape index (κ1) is 57.1. The summed E-state index contributed by atoms with van der Waals surface area (Å²) in [4.78, 5) is 0. The average molecular weight is 779 g/mol. The molecule has 1 rings (SSSR count). The van der Waals surface area contributed by atoms with Gasteiger partial charge in [-0.25, -0.2) is 0 Å². The van der Waals surface area contributed by atoms with Crippen LogP contribution in [0, 0.1) is 26.6 Å². The molecule has 0 heterocycles. The molecule has 0 spiro atoms. The maximum Gasteiger partial charge on any atom is 0 e. The summed E-state index contributed by atoms with van der Waals surface area (Å²) in [6.07, 6.45) is 0. The van der Waals surface area contributed by atoms with E-state index < -0.39 is 0 Å². The predicted octanol–water partition coefficient (Wildman–Crippen LogP) is 7.31. The van der Waals surface area contributed by atoms with Crippen molar-refractivity contribution in [2.75, 3.05) is 52.4 Å². The van der Waals surface area contributed by atoms with E-state index in [1.54, 1.807) is 6.07 Å². The normalized spacial score (nSPS) is 10.0. The third kappa shape index (κ3) is 23.4. The number of hydrogen-bond donors (Lipinski definition) is 2. The quantitative estimate of drug-likeness (QED) is 0.125. The summed E-state index contributed by atoms with van der Waals surface area (Å²) in [5.41, 5.74) is 1.61. The molecule has 0 atom stereocenters. The first-order valence-corrected chi connectivity index (χ1v) is 14.6. The number of quaternary nitrogens is 2. The molecule has 0 saturated carbocycles. The Labute approximate surface area is 279 Å². The molecule has 0 fully saturated rings. The second-order valence-corrected chi connectivity index (χ2v) is 11.6. The van der Waals surface area contributed by atoms with Crippen molar-refractivity contribution in [3.05, 3.63) is 49.9 Å². The van der Waals surface area contributed by atoms with Crippen molar-refractivity contribution in [1.82, 2.24) is 0 Å². The van der Waals surface area contributed by atoms with E-state index in [-0.39, 0.29) is 43.4 Å². The van der Waals surface area contributed by atoms with Crippen molar-refractivity contribution in [3.8, 4) is 11.5 Å². The van der Waals surface area contributed by atoms with E-state index >= 15 is 0 Å². The van der Waals surface area contributed by atoms with Crippen molar-refractivity contribution >= 4 is 0 Å². The Kier molecular flexibility index (Phi) is 42.2. The van der Waals surface area contributed by atoms with Gasteiger partial charge in [0.25, 0.3) is 0 Å². The van der Waals surface area contributed by atoms with Gasteiger partial charge in [-0.05, 0) is 77.8 Å². The Morgan fingerprint density at radius 1 is 0.512 bits per heavy atom. The molecule has 8 nitrogen and oxygen atoms in total. The van der Waals surface area contributed by atoms with E-state index in [4.69, 9.17) is 18.6 Å². The number of rotatable bonds is 8. The standard InChI is InChI=1S/C14H22O2.2C8H20N.4CO.W/c1-13(2,3)9-7-10(14(4,5)6)12(16)11(15)8-9;2*1-5-9(6-2,7-3)8-4;4*1-2;/h7-8,15-16H,1-6H3;2*5-8H2,1-4H3;;;;;/q;2*+1;;;;;. The monoisotopic (exact) mass is 778 g/mol. The van der Waals surface area contributed by atoms with Crippen LogP contribution in [0.15, 0.2) is 12.1 Å². The summed E-state index contributed by atoms with van der Waals surface area (Å²) in [5, 5.41) is 19.6. The number of hydrogen-bond acceptors (Lipinski definition) is 2. The zero-order valence-electron chi connectivity index (χ0n) is 29.6. The average Bonchev–Trinajstić information content (AvgIpc) is 3.01. The van der Waals surface area contributed by atoms with Gasteiger partial charge in [0, 0.05) is 26.6 Å². The zero-order chi connectivity index (χ0) is 35.4. The van der Waals surface area contributed by atoms with Crippen LogP contribution >= 0.6 is 0 Å². The Balaban J connectivity index is -0.0000000836. The van der Waals surface area contributed by atoms with Gasteiger partial charge in [-0.1, -0.05) is 47.6 Å². The van der Waals surface area contributed by atoms with Crippen LogP contribution in [0.4, 0.5) is 0 Å². The number of nitrogens with zero attached hydrogens (tertiary/aromatic N) is 2. The molecule has 2 N–H and O–H groups in total. The first-order chi connectivity index (χ1) is 19.5. The number of aromatic hydroxyl groups is 2. The van der Waals surface area contributed by atoms with Crippen LogP contribution in [0.25, 0.3) is 0 Å². The molecule has 0 aliphatic heterocycles. The van der Waals surface area contributed by atoms with Crippen molar-refractivity contribution < 1.29 is 58.9 Å². The molecule has 9 heteroatoms. The molecule has 0 aromatic heterocycles.